The first-order valence-corrected chi connectivity index (χ1v) is 3.78. The highest BCUT2D eigenvalue weighted by atomic mass is 16.1. The molecule has 2 rings (SSSR count). The van der Waals surface area contributed by atoms with Gasteiger partial charge in [-0.15, -0.1) is 0 Å². The van der Waals surface area contributed by atoms with Gasteiger partial charge < -0.3 is 0 Å². The van der Waals surface area contributed by atoms with E-state index in [-0.39, 0.29) is 0 Å². The molecule has 0 heterocycles. The highest BCUT2D eigenvalue weighted by Crippen LogP contribution is 2.16. The Kier molecular flexibility index (Phi) is 1.63. The molecule has 0 unspecified atom stereocenters. The highest BCUT2D eigenvalue weighted by Gasteiger charge is 1.97. The lowest BCUT2D eigenvalue weighted by Gasteiger charge is -1.97. The van der Waals surface area contributed by atoms with Gasteiger partial charge in [-0.25, -0.2) is 0 Å². The number of hydrogen-bond acceptors (Lipinski definition) is 1. The molecule has 0 aliphatic carbocycles. The van der Waals surface area contributed by atoms with Gasteiger partial charge in [-0.1, -0.05) is 42.5 Å². The van der Waals surface area contributed by atoms with E-state index in [9.17, 15) is 4.79 Å². The van der Waals surface area contributed by atoms with Gasteiger partial charge in [0.2, 0.25) is 6.29 Å². The molecule has 0 atom stereocenters. The van der Waals surface area contributed by atoms with Crippen molar-refractivity contribution in [3.05, 3.63) is 48.0 Å². The smallest absolute Gasteiger partial charge is 0.234 e. The first kappa shape index (κ1) is 7.04. The fourth-order valence-corrected chi connectivity index (χ4v) is 1.31. The van der Waals surface area contributed by atoms with E-state index in [0.29, 0.717) is 5.56 Å². The number of benzene rings is 2. The fraction of sp³-hybridized carbons (Fsp3) is 0. The molecule has 0 bridgehead atoms. The van der Waals surface area contributed by atoms with Crippen molar-refractivity contribution < 1.29 is 4.79 Å². The third-order valence-electron chi connectivity index (χ3n) is 1.90. The second-order valence-electron chi connectivity index (χ2n) is 2.63. The molecular weight excluding hydrogens is 148 g/mol. The van der Waals surface area contributed by atoms with Crippen LogP contribution in [0, 0.1) is 0 Å². The lowest BCUT2D eigenvalue weighted by molar-refractivity contribution is 0.563. The Labute approximate surface area is 70.6 Å². The van der Waals surface area contributed by atoms with Gasteiger partial charge in [-0.2, -0.15) is 0 Å². The normalized spacial score (nSPS) is 10.0. The molecule has 1 radical (unpaired) electrons. The van der Waals surface area contributed by atoms with Crippen molar-refractivity contribution in [1.82, 2.24) is 0 Å². The molecule has 0 fully saturated rings. The third-order valence-corrected chi connectivity index (χ3v) is 1.90. The van der Waals surface area contributed by atoms with Gasteiger partial charge in [0.25, 0.3) is 0 Å². The quantitative estimate of drug-likeness (QED) is 0.617. The zero-order valence-corrected chi connectivity index (χ0v) is 6.45. The van der Waals surface area contributed by atoms with Gasteiger partial charge in [0.05, 0.1) is 0 Å². The lowest BCUT2D eigenvalue weighted by Crippen LogP contribution is -1.81. The maximum Gasteiger partial charge on any atom is 0.234 e. The summed E-state index contributed by atoms with van der Waals surface area (Å²) in [5, 5.41) is 2.05. The third kappa shape index (κ3) is 0.996. The largest absolute Gasteiger partial charge is 0.285 e. The van der Waals surface area contributed by atoms with E-state index in [1.165, 1.54) is 0 Å². The topological polar surface area (TPSA) is 17.1 Å². The lowest BCUT2D eigenvalue weighted by atomic mass is 10.1. The van der Waals surface area contributed by atoms with Crippen LogP contribution in [0.15, 0.2) is 42.5 Å². The van der Waals surface area contributed by atoms with E-state index in [2.05, 4.69) is 0 Å². The highest BCUT2D eigenvalue weighted by molar-refractivity contribution is 5.98. The fourth-order valence-electron chi connectivity index (χ4n) is 1.31. The molecule has 0 aromatic heterocycles. The molecule has 1 heteroatoms. The summed E-state index contributed by atoms with van der Waals surface area (Å²) in [4.78, 5) is 10.5. The Morgan fingerprint density at radius 1 is 0.917 bits per heavy atom. The van der Waals surface area contributed by atoms with Gasteiger partial charge in [-0.3, -0.25) is 4.79 Å². The second-order valence-corrected chi connectivity index (χ2v) is 2.63. The average molecular weight is 155 g/mol. The zero-order valence-electron chi connectivity index (χ0n) is 6.45. The predicted molar refractivity (Wildman–Crippen MR) is 48.7 cm³/mol. The van der Waals surface area contributed by atoms with E-state index >= 15 is 0 Å². The van der Waals surface area contributed by atoms with Crippen molar-refractivity contribution in [1.29, 1.82) is 0 Å². The van der Waals surface area contributed by atoms with E-state index in [0.717, 1.165) is 10.8 Å². The number of carbonyl (C=O) groups excluding carboxylic acids is 1. The Bertz CT molecular complexity index is 413. The standard InChI is InChI=1S/C11H7O/c12-8-10-6-3-5-9-4-1-2-7-11(9)10/h1-7H. The summed E-state index contributed by atoms with van der Waals surface area (Å²) in [5.41, 5.74) is 0.633. The molecule has 0 saturated carbocycles. The van der Waals surface area contributed by atoms with Crippen molar-refractivity contribution in [2.24, 2.45) is 0 Å². The van der Waals surface area contributed by atoms with E-state index in [1.54, 1.807) is 6.07 Å². The van der Waals surface area contributed by atoms with Crippen LogP contribution in [-0.4, -0.2) is 6.29 Å². The molecule has 0 amide bonds. The molecule has 0 aliphatic heterocycles. The molecule has 57 valence electrons. The Hall–Kier alpha value is -1.63. The summed E-state index contributed by atoms with van der Waals surface area (Å²) in [6.45, 7) is 0. The van der Waals surface area contributed by atoms with Crippen LogP contribution in [0.3, 0.4) is 0 Å². The van der Waals surface area contributed by atoms with Crippen molar-refractivity contribution in [3.8, 4) is 0 Å². The van der Waals surface area contributed by atoms with Gasteiger partial charge in [0.1, 0.15) is 0 Å². The average Bonchev–Trinajstić information content (AvgIpc) is 2.17. The Balaban J connectivity index is 2.88. The zero-order chi connectivity index (χ0) is 8.39. The first-order valence-electron chi connectivity index (χ1n) is 3.78. The van der Waals surface area contributed by atoms with Crippen LogP contribution in [0.25, 0.3) is 10.8 Å². The van der Waals surface area contributed by atoms with Crippen LogP contribution < -0.4 is 0 Å². The summed E-state index contributed by atoms with van der Waals surface area (Å²) >= 11 is 0. The molecular formula is C11H7O. The summed E-state index contributed by atoms with van der Waals surface area (Å²) in [7, 11) is 0. The van der Waals surface area contributed by atoms with Crippen LogP contribution in [0.4, 0.5) is 0 Å². The van der Waals surface area contributed by atoms with Gasteiger partial charge in [-0.05, 0) is 10.8 Å². The summed E-state index contributed by atoms with van der Waals surface area (Å²) < 4.78 is 0. The van der Waals surface area contributed by atoms with E-state index in [4.69, 9.17) is 0 Å². The minimum Gasteiger partial charge on any atom is -0.285 e. The molecule has 0 N–H and O–H groups in total. The maximum absolute atomic E-state index is 10.5. The van der Waals surface area contributed by atoms with E-state index < -0.39 is 0 Å². The Morgan fingerprint density at radius 3 is 2.50 bits per heavy atom. The summed E-state index contributed by atoms with van der Waals surface area (Å²) in [5.74, 6) is 0. The SMILES string of the molecule is O=[C]c1cccc2ccccc12. The molecule has 12 heavy (non-hydrogen) atoms. The molecule has 2 aromatic rings. The number of hydrogen-bond donors (Lipinski definition) is 0. The van der Waals surface area contributed by atoms with Crippen molar-refractivity contribution >= 4 is 17.1 Å². The van der Waals surface area contributed by atoms with Gasteiger partial charge in [0, 0.05) is 5.56 Å². The van der Waals surface area contributed by atoms with Crippen LogP contribution in [0.5, 0.6) is 0 Å². The predicted octanol–water partition coefficient (Wildman–Crippen LogP) is 2.30. The van der Waals surface area contributed by atoms with Crippen molar-refractivity contribution in [2.75, 3.05) is 0 Å². The second kappa shape index (κ2) is 2.78. The van der Waals surface area contributed by atoms with Crippen molar-refractivity contribution in [3.63, 3.8) is 0 Å². The van der Waals surface area contributed by atoms with Crippen molar-refractivity contribution in [2.45, 2.75) is 0 Å². The summed E-state index contributed by atoms with van der Waals surface area (Å²) in [6, 6.07) is 13.4. The van der Waals surface area contributed by atoms with Gasteiger partial charge in [0.15, 0.2) is 0 Å². The molecule has 1 nitrogen and oxygen atoms in total. The van der Waals surface area contributed by atoms with E-state index in [1.807, 2.05) is 42.7 Å². The molecule has 0 aliphatic rings. The number of fused-ring (bicyclic) bond motifs is 1. The first-order chi connectivity index (χ1) is 5.92. The Morgan fingerprint density at radius 2 is 1.67 bits per heavy atom. The summed E-state index contributed by atoms with van der Waals surface area (Å²) in [6.07, 6.45) is 1.92. The molecule has 2 aromatic carbocycles. The minimum atomic E-state index is 0.633. The molecule has 0 spiro atoms. The number of rotatable bonds is 1. The maximum atomic E-state index is 10.5. The molecule has 0 saturated heterocycles. The van der Waals surface area contributed by atoms with Crippen LogP contribution in [-0.2, 0) is 4.79 Å². The van der Waals surface area contributed by atoms with Gasteiger partial charge >= 0.3 is 0 Å². The van der Waals surface area contributed by atoms with Crippen LogP contribution in [0.1, 0.15) is 5.56 Å². The van der Waals surface area contributed by atoms with Crippen LogP contribution in [0.2, 0.25) is 0 Å². The minimum absolute atomic E-state index is 0.633. The monoisotopic (exact) mass is 155 g/mol. The van der Waals surface area contributed by atoms with Crippen LogP contribution >= 0.6 is 0 Å².